The zero-order chi connectivity index (χ0) is 11.1. The molecule has 2 heterocycles. The van der Waals surface area contributed by atoms with Gasteiger partial charge in [0.05, 0.1) is 6.26 Å². The van der Waals surface area contributed by atoms with Crippen LogP contribution in [0.1, 0.15) is 30.8 Å². The number of likely N-dealkylation sites (tertiary alicyclic amines) is 1. The molecule has 1 unspecified atom stereocenters. The van der Waals surface area contributed by atoms with Gasteiger partial charge in [-0.3, -0.25) is 4.79 Å². The monoisotopic (exact) mass is 208 g/mol. The second kappa shape index (κ2) is 3.38. The van der Waals surface area contributed by atoms with Crippen LogP contribution in [0.25, 0.3) is 0 Å². The normalized spacial score (nSPS) is 24.5. The summed E-state index contributed by atoms with van der Waals surface area (Å²) >= 11 is 0. The predicted molar refractivity (Wildman–Crippen MR) is 56.4 cm³/mol. The van der Waals surface area contributed by atoms with Crippen molar-refractivity contribution < 1.29 is 9.21 Å². The number of amides is 1. The molecule has 82 valence electrons. The van der Waals surface area contributed by atoms with Gasteiger partial charge in [-0.25, -0.2) is 0 Å². The first kappa shape index (κ1) is 10.2. The van der Waals surface area contributed by atoms with Crippen molar-refractivity contribution in [1.29, 1.82) is 0 Å². The summed E-state index contributed by atoms with van der Waals surface area (Å²) in [5.41, 5.74) is 5.69. The Balaban J connectivity index is 2.21. The summed E-state index contributed by atoms with van der Waals surface area (Å²) in [5.74, 6) is 0.315. The van der Waals surface area contributed by atoms with Gasteiger partial charge in [0.2, 0.25) is 0 Å². The van der Waals surface area contributed by atoms with Gasteiger partial charge in [0.15, 0.2) is 5.76 Å². The molecule has 1 saturated heterocycles. The Morgan fingerprint density at radius 2 is 2.40 bits per heavy atom. The zero-order valence-electron chi connectivity index (χ0n) is 9.06. The van der Waals surface area contributed by atoms with E-state index < -0.39 is 0 Å². The Morgan fingerprint density at radius 3 is 2.87 bits per heavy atom. The van der Waals surface area contributed by atoms with Crippen LogP contribution in [0, 0.1) is 0 Å². The van der Waals surface area contributed by atoms with Crippen LogP contribution in [0.2, 0.25) is 0 Å². The minimum atomic E-state index is -0.177. The summed E-state index contributed by atoms with van der Waals surface area (Å²) in [6.07, 6.45) is 2.34. The molecule has 1 aromatic rings. The van der Waals surface area contributed by atoms with Crippen molar-refractivity contribution in [1.82, 2.24) is 4.90 Å². The molecule has 0 aliphatic carbocycles. The van der Waals surface area contributed by atoms with E-state index in [9.17, 15) is 4.79 Å². The molecule has 1 aliphatic rings. The van der Waals surface area contributed by atoms with E-state index in [1.165, 1.54) is 6.26 Å². The van der Waals surface area contributed by atoms with Gasteiger partial charge in [0.1, 0.15) is 0 Å². The predicted octanol–water partition coefficient (Wildman–Crippen LogP) is 1.23. The maximum absolute atomic E-state index is 12.0. The zero-order valence-corrected chi connectivity index (χ0v) is 9.06. The number of nitrogens with two attached hydrogens (primary N) is 1. The molecule has 4 heteroatoms. The molecule has 1 fully saturated rings. The number of rotatable bonds is 1. The quantitative estimate of drug-likeness (QED) is 0.755. The number of nitrogens with zero attached hydrogens (tertiary/aromatic N) is 1. The van der Waals surface area contributed by atoms with E-state index in [0.717, 1.165) is 6.42 Å². The van der Waals surface area contributed by atoms with Crippen LogP contribution in [0.3, 0.4) is 0 Å². The summed E-state index contributed by atoms with van der Waals surface area (Å²) in [7, 11) is 0. The highest BCUT2D eigenvalue weighted by atomic mass is 16.3. The lowest BCUT2D eigenvalue weighted by molar-refractivity contribution is 0.0618. The molecule has 1 atom stereocenters. The van der Waals surface area contributed by atoms with Crippen molar-refractivity contribution in [3.8, 4) is 0 Å². The Kier molecular flexibility index (Phi) is 2.31. The van der Waals surface area contributed by atoms with Gasteiger partial charge in [0.25, 0.3) is 5.91 Å². The number of carbonyl (C=O) groups excluding carboxylic acids is 1. The van der Waals surface area contributed by atoms with Gasteiger partial charge >= 0.3 is 0 Å². The lowest BCUT2D eigenvalue weighted by Gasteiger charge is -2.30. The molecule has 0 spiro atoms. The van der Waals surface area contributed by atoms with Crippen molar-refractivity contribution in [3.05, 3.63) is 24.2 Å². The van der Waals surface area contributed by atoms with E-state index in [-0.39, 0.29) is 17.5 Å². The van der Waals surface area contributed by atoms with E-state index in [0.29, 0.717) is 12.3 Å². The van der Waals surface area contributed by atoms with Gasteiger partial charge in [0, 0.05) is 18.1 Å². The Hall–Kier alpha value is -1.29. The summed E-state index contributed by atoms with van der Waals surface area (Å²) in [5, 5.41) is 0. The van der Waals surface area contributed by atoms with E-state index in [1.54, 1.807) is 17.0 Å². The molecule has 2 N–H and O–H groups in total. The molecule has 1 aliphatic heterocycles. The Morgan fingerprint density at radius 1 is 1.67 bits per heavy atom. The van der Waals surface area contributed by atoms with Gasteiger partial charge in [-0.2, -0.15) is 0 Å². The number of carbonyl (C=O) groups is 1. The highest BCUT2D eigenvalue weighted by Gasteiger charge is 2.40. The fourth-order valence-corrected chi connectivity index (χ4v) is 2.19. The standard InChI is InChI=1S/C11H16N2O2/c1-11(2)6-8(12)7-13(11)10(14)9-4-3-5-15-9/h3-5,8H,6-7,12H2,1-2H3. The molecular formula is C11H16N2O2. The topological polar surface area (TPSA) is 59.5 Å². The maximum atomic E-state index is 12.0. The van der Waals surface area contributed by atoms with Crippen molar-refractivity contribution in [2.45, 2.75) is 31.8 Å². The molecular weight excluding hydrogens is 192 g/mol. The largest absolute Gasteiger partial charge is 0.459 e. The first-order valence-electron chi connectivity index (χ1n) is 5.12. The van der Waals surface area contributed by atoms with Crippen LogP contribution >= 0.6 is 0 Å². The van der Waals surface area contributed by atoms with E-state index in [4.69, 9.17) is 10.2 Å². The molecule has 2 rings (SSSR count). The highest BCUT2D eigenvalue weighted by Crippen LogP contribution is 2.29. The maximum Gasteiger partial charge on any atom is 0.290 e. The SMILES string of the molecule is CC1(C)CC(N)CN1C(=O)c1ccco1. The van der Waals surface area contributed by atoms with Gasteiger partial charge in [-0.05, 0) is 32.4 Å². The summed E-state index contributed by atoms with van der Waals surface area (Å²) in [4.78, 5) is 13.8. The summed E-state index contributed by atoms with van der Waals surface area (Å²) < 4.78 is 5.10. The van der Waals surface area contributed by atoms with Crippen LogP contribution < -0.4 is 5.73 Å². The lowest BCUT2D eigenvalue weighted by atomic mass is 10.0. The lowest BCUT2D eigenvalue weighted by Crippen LogP contribution is -2.42. The molecule has 0 radical (unpaired) electrons. The first-order valence-corrected chi connectivity index (χ1v) is 5.12. The van der Waals surface area contributed by atoms with Crippen molar-refractivity contribution in [3.63, 3.8) is 0 Å². The van der Waals surface area contributed by atoms with E-state index in [2.05, 4.69) is 0 Å². The minimum Gasteiger partial charge on any atom is -0.459 e. The molecule has 0 bridgehead atoms. The van der Waals surface area contributed by atoms with E-state index >= 15 is 0 Å². The summed E-state index contributed by atoms with van der Waals surface area (Å²) in [6, 6.07) is 3.47. The smallest absolute Gasteiger partial charge is 0.290 e. The average Bonchev–Trinajstić information content (AvgIpc) is 2.71. The van der Waals surface area contributed by atoms with Crippen LogP contribution in [0.15, 0.2) is 22.8 Å². The van der Waals surface area contributed by atoms with Crippen molar-refractivity contribution in [2.75, 3.05) is 6.54 Å². The Bertz CT molecular complexity index is 357. The summed E-state index contributed by atoms with van der Waals surface area (Å²) in [6.45, 7) is 4.66. The average molecular weight is 208 g/mol. The third-order valence-corrected chi connectivity index (χ3v) is 2.89. The fourth-order valence-electron chi connectivity index (χ4n) is 2.19. The number of furan rings is 1. The van der Waals surface area contributed by atoms with Crippen molar-refractivity contribution in [2.24, 2.45) is 5.73 Å². The molecule has 15 heavy (non-hydrogen) atoms. The third kappa shape index (κ3) is 1.77. The second-order valence-corrected chi connectivity index (χ2v) is 4.67. The number of hydrogen-bond donors (Lipinski definition) is 1. The van der Waals surface area contributed by atoms with Crippen LogP contribution in [0.5, 0.6) is 0 Å². The first-order chi connectivity index (χ1) is 7.00. The van der Waals surface area contributed by atoms with E-state index in [1.807, 2.05) is 13.8 Å². The molecule has 1 amide bonds. The van der Waals surface area contributed by atoms with Gasteiger partial charge < -0.3 is 15.1 Å². The van der Waals surface area contributed by atoms with Crippen LogP contribution in [-0.2, 0) is 0 Å². The second-order valence-electron chi connectivity index (χ2n) is 4.67. The molecule has 4 nitrogen and oxygen atoms in total. The Labute approximate surface area is 89.0 Å². The molecule has 0 aromatic carbocycles. The van der Waals surface area contributed by atoms with Crippen molar-refractivity contribution >= 4 is 5.91 Å². The third-order valence-electron chi connectivity index (χ3n) is 2.89. The minimum absolute atomic E-state index is 0.0684. The molecule has 1 aromatic heterocycles. The van der Waals surface area contributed by atoms with Gasteiger partial charge in [-0.1, -0.05) is 0 Å². The molecule has 0 saturated carbocycles. The van der Waals surface area contributed by atoms with Gasteiger partial charge in [-0.15, -0.1) is 0 Å². The van der Waals surface area contributed by atoms with Crippen LogP contribution in [-0.4, -0.2) is 28.9 Å². The highest BCUT2D eigenvalue weighted by molar-refractivity contribution is 5.92. The fraction of sp³-hybridized carbons (Fsp3) is 0.545. The van der Waals surface area contributed by atoms with Crippen LogP contribution in [0.4, 0.5) is 0 Å². The number of hydrogen-bond acceptors (Lipinski definition) is 3.